The first-order chi connectivity index (χ1) is 8.97. The Kier molecular flexibility index (Phi) is 4.42. The molecule has 1 aliphatic heterocycles. The Morgan fingerprint density at radius 1 is 1.37 bits per heavy atom. The van der Waals surface area contributed by atoms with Gasteiger partial charge in [0.1, 0.15) is 4.88 Å². The van der Waals surface area contributed by atoms with Gasteiger partial charge in [-0.2, -0.15) is 0 Å². The van der Waals surface area contributed by atoms with E-state index in [9.17, 15) is 4.79 Å². The number of hydrogen-bond acceptors (Lipinski definition) is 5. The van der Waals surface area contributed by atoms with E-state index in [0.29, 0.717) is 15.9 Å². The van der Waals surface area contributed by atoms with E-state index in [0.717, 1.165) is 38.4 Å². The third-order valence-corrected chi connectivity index (χ3v) is 4.26. The third-order valence-electron chi connectivity index (χ3n) is 3.29. The van der Waals surface area contributed by atoms with Gasteiger partial charge in [-0.1, -0.05) is 25.2 Å². The molecule has 0 spiro atoms. The summed E-state index contributed by atoms with van der Waals surface area (Å²) in [5.41, 5.74) is 6.40. The molecule has 5 nitrogen and oxygen atoms in total. The van der Waals surface area contributed by atoms with E-state index in [1.165, 1.54) is 11.3 Å². The van der Waals surface area contributed by atoms with Crippen LogP contribution in [0.2, 0.25) is 0 Å². The Morgan fingerprint density at radius 3 is 2.47 bits per heavy atom. The van der Waals surface area contributed by atoms with Crippen LogP contribution in [0.3, 0.4) is 0 Å². The van der Waals surface area contributed by atoms with Crippen LogP contribution in [0.5, 0.6) is 0 Å². The Labute approximate surface area is 118 Å². The number of rotatable bonds is 3. The highest BCUT2D eigenvalue weighted by atomic mass is 32.1. The van der Waals surface area contributed by atoms with Crippen molar-refractivity contribution in [1.82, 2.24) is 14.8 Å². The minimum Gasteiger partial charge on any atom is -0.375 e. The highest BCUT2D eigenvalue weighted by Crippen LogP contribution is 2.22. The molecule has 0 atom stereocenters. The predicted octanol–water partition coefficient (Wildman–Crippen LogP) is 1.45. The number of nitrogen functional groups attached to an aromatic ring is 1. The minimum absolute atomic E-state index is 0.0795. The van der Waals surface area contributed by atoms with Gasteiger partial charge in [-0.3, -0.25) is 9.69 Å². The highest BCUT2D eigenvalue weighted by molar-refractivity contribution is 7.17. The van der Waals surface area contributed by atoms with Crippen LogP contribution in [0, 0.1) is 12.8 Å². The lowest BCUT2D eigenvalue weighted by Crippen LogP contribution is -2.49. The van der Waals surface area contributed by atoms with Crippen molar-refractivity contribution in [1.29, 1.82) is 0 Å². The number of aryl methyl sites for hydroxylation is 1. The van der Waals surface area contributed by atoms with E-state index < -0.39 is 0 Å². The van der Waals surface area contributed by atoms with Crippen LogP contribution in [0.4, 0.5) is 5.13 Å². The summed E-state index contributed by atoms with van der Waals surface area (Å²) in [7, 11) is 0. The Bertz CT molecular complexity index is 449. The number of amides is 1. The molecule has 1 aromatic rings. The van der Waals surface area contributed by atoms with Crippen LogP contribution in [-0.2, 0) is 0 Å². The molecule has 0 aromatic carbocycles. The lowest BCUT2D eigenvalue weighted by molar-refractivity contribution is 0.0627. The second-order valence-corrected chi connectivity index (χ2v) is 6.48. The first-order valence-corrected chi connectivity index (χ1v) is 7.53. The number of anilines is 1. The monoisotopic (exact) mass is 282 g/mol. The topological polar surface area (TPSA) is 62.5 Å². The summed E-state index contributed by atoms with van der Waals surface area (Å²) in [6.45, 7) is 10.9. The molecule has 1 fully saturated rings. The maximum atomic E-state index is 12.4. The summed E-state index contributed by atoms with van der Waals surface area (Å²) in [5.74, 6) is 0.752. The van der Waals surface area contributed by atoms with Crippen molar-refractivity contribution in [2.45, 2.75) is 20.8 Å². The van der Waals surface area contributed by atoms with E-state index >= 15 is 0 Å². The molecule has 2 N–H and O–H groups in total. The molecule has 2 heterocycles. The van der Waals surface area contributed by atoms with Crippen molar-refractivity contribution in [3.05, 3.63) is 10.6 Å². The Balaban J connectivity index is 1.94. The summed E-state index contributed by atoms with van der Waals surface area (Å²) in [6.07, 6.45) is 0. The van der Waals surface area contributed by atoms with Crippen molar-refractivity contribution < 1.29 is 4.79 Å². The normalized spacial score (nSPS) is 17.2. The van der Waals surface area contributed by atoms with E-state index in [-0.39, 0.29) is 5.91 Å². The number of carbonyl (C=O) groups is 1. The molecule has 1 amide bonds. The number of carbonyl (C=O) groups excluding carboxylic acids is 1. The average molecular weight is 282 g/mol. The van der Waals surface area contributed by atoms with E-state index in [1.54, 1.807) is 0 Å². The number of piperazine rings is 1. The fourth-order valence-corrected chi connectivity index (χ4v) is 3.21. The molecule has 19 heavy (non-hydrogen) atoms. The van der Waals surface area contributed by atoms with Gasteiger partial charge in [0, 0.05) is 32.7 Å². The van der Waals surface area contributed by atoms with Gasteiger partial charge in [-0.05, 0) is 12.8 Å². The fourth-order valence-electron chi connectivity index (χ4n) is 2.41. The molecule has 0 unspecified atom stereocenters. The summed E-state index contributed by atoms with van der Waals surface area (Å²) >= 11 is 1.29. The van der Waals surface area contributed by atoms with Crippen molar-refractivity contribution in [3.63, 3.8) is 0 Å². The zero-order valence-corrected chi connectivity index (χ0v) is 12.7. The predicted molar refractivity (Wildman–Crippen MR) is 78.4 cm³/mol. The summed E-state index contributed by atoms with van der Waals surface area (Å²) in [5, 5.41) is 0.472. The number of nitrogens with two attached hydrogens (primary N) is 1. The van der Waals surface area contributed by atoms with Gasteiger partial charge in [-0.25, -0.2) is 4.98 Å². The molecular formula is C13H22N4OS. The van der Waals surface area contributed by atoms with E-state index in [1.807, 2.05) is 11.8 Å². The van der Waals surface area contributed by atoms with Gasteiger partial charge in [0.25, 0.3) is 5.91 Å². The van der Waals surface area contributed by atoms with E-state index in [4.69, 9.17) is 5.73 Å². The van der Waals surface area contributed by atoms with Crippen LogP contribution < -0.4 is 5.73 Å². The van der Waals surface area contributed by atoms with Crippen LogP contribution in [0.25, 0.3) is 0 Å². The second kappa shape index (κ2) is 5.88. The number of thiazole rings is 1. The Morgan fingerprint density at radius 2 is 2.00 bits per heavy atom. The van der Waals surface area contributed by atoms with Crippen molar-refractivity contribution in [2.24, 2.45) is 5.92 Å². The van der Waals surface area contributed by atoms with Crippen LogP contribution >= 0.6 is 11.3 Å². The molecule has 0 aliphatic carbocycles. The van der Waals surface area contributed by atoms with E-state index in [2.05, 4.69) is 23.7 Å². The average Bonchev–Trinajstić information content (AvgIpc) is 2.68. The Hall–Kier alpha value is -1.14. The maximum absolute atomic E-state index is 12.4. The van der Waals surface area contributed by atoms with Gasteiger partial charge in [0.2, 0.25) is 0 Å². The van der Waals surface area contributed by atoms with Crippen LogP contribution in [0.1, 0.15) is 29.2 Å². The number of hydrogen-bond donors (Lipinski definition) is 1. The molecule has 1 aromatic heterocycles. The molecule has 1 saturated heterocycles. The minimum atomic E-state index is 0.0795. The maximum Gasteiger partial charge on any atom is 0.266 e. The first kappa shape index (κ1) is 14.3. The fraction of sp³-hybridized carbons (Fsp3) is 0.692. The molecule has 1 aliphatic rings. The summed E-state index contributed by atoms with van der Waals surface area (Å²) in [6, 6.07) is 0. The van der Waals surface area contributed by atoms with Crippen LogP contribution in [-0.4, -0.2) is 53.4 Å². The standard InChI is InChI=1S/C13H22N4OS/c1-9(2)8-16-4-6-17(7-5-16)12(18)11-10(3)15-13(14)19-11/h9H,4-8H2,1-3H3,(H2,14,15). The largest absolute Gasteiger partial charge is 0.375 e. The lowest BCUT2D eigenvalue weighted by Gasteiger charge is -2.35. The van der Waals surface area contributed by atoms with Crippen molar-refractivity contribution in [3.8, 4) is 0 Å². The number of aromatic nitrogens is 1. The van der Waals surface area contributed by atoms with Gasteiger partial charge in [0.15, 0.2) is 5.13 Å². The molecule has 2 rings (SSSR count). The molecule has 0 bridgehead atoms. The molecular weight excluding hydrogens is 260 g/mol. The zero-order chi connectivity index (χ0) is 14.0. The molecule has 0 saturated carbocycles. The van der Waals surface area contributed by atoms with Crippen LogP contribution in [0.15, 0.2) is 0 Å². The second-order valence-electron chi connectivity index (χ2n) is 5.45. The smallest absolute Gasteiger partial charge is 0.266 e. The van der Waals surface area contributed by atoms with Crippen molar-refractivity contribution in [2.75, 3.05) is 38.5 Å². The highest BCUT2D eigenvalue weighted by Gasteiger charge is 2.25. The molecule has 106 valence electrons. The quantitative estimate of drug-likeness (QED) is 0.911. The van der Waals surface area contributed by atoms with Crippen molar-refractivity contribution >= 4 is 22.4 Å². The van der Waals surface area contributed by atoms with Gasteiger partial charge in [-0.15, -0.1) is 0 Å². The third kappa shape index (κ3) is 3.45. The van der Waals surface area contributed by atoms with Gasteiger partial charge >= 0.3 is 0 Å². The SMILES string of the molecule is Cc1nc(N)sc1C(=O)N1CCN(CC(C)C)CC1. The summed E-state index contributed by atoms with van der Waals surface area (Å²) < 4.78 is 0. The first-order valence-electron chi connectivity index (χ1n) is 6.72. The molecule has 0 radical (unpaired) electrons. The molecule has 6 heteroatoms. The number of nitrogens with zero attached hydrogens (tertiary/aromatic N) is 3. The zero-order valence-electron chi connectivity index (χ0n) is 11.8. The lowest BCUT2D eigenvalue weighted by atomic mass is 10.2. The summed E-state index contributed by atoms with van der Waals surface area (Å²) in [4.78, 5) is 21.5. The van der Waals surface area contributed by atoms with Gasteiger partial charge in [0.05, 0.1) is 5.69 Å². The van der Waals surface area contributed by atoms with Gasteiger partial charge < -0.3 is 10.6 Å².